The first-order chi connectivity index (χ1) is 6.56. The van der Waals surface area contributed by atoms with Gasteiger partial charge < -0.3 is 4.74 Å². The quantitative estimate of drug-likeness (QED) is 0.623. The van der Waals surface area contributed by atoms with Gasteiger partial charge in [-0.3, -0.25) is 10.1 Å². The zero-order valence-corrected chi connectivity index (χ0v) is 8.88. The first-order valence-electron chi connectivity index (χ1n) is 3.82. The molecule has 0 saturated carbocycles. The van der Waals surface area contributed by atoms with Gasteiger partial charge in [0.15, 0.2) is 0 Å². The zero-order valence-electron chi connectivity index (χ0n) is 7.29. The van der Waals surface area contributed by atoms with Crippen molar-refractivity contribution in [3.05, 3.63) is 32.5 Å². The summed E-state index contributed by atoms with van der Waals surface area (Å²) in [5.41, 5.74) is -0.595. The third kappa shape index (κ3) is 2.20. The minimum atomic E-state index is -0.890. The molecule has 14 heavy (non-hydrogen) atoms. The van der Waals surface area contributed by atoms with Gasteiger partial charge in [0.05, 0.1) is 22.1 Å². The summed E-state index contributed by atoms with van der Waals surface area (Å²) in [5, 5.41) is 10.4. The molecule has 4 nitrogen and oxygen atoms in total. The van der Waals surface area contributed by atoms with E-state index in [0.717, 1.165) is 6.07 Å². The predicted molar refractivity (Wildman–Crippen MR) is 51.9 cm³/mol. The van der Waals surface area contributed by atoms with E-state index in [4.69, 9.17) is 4.74 Å². The Kier molecular flexibility index (Phi) is 3.40. The van der Waals surface area contributed by atoms with Crippen LogP contribution in [0.25, 0.3) is 0 Å². The summed E-state index contributed by atoms with van der Waals surface area (Å²) in [7, 11) is 0. The van der Waals surface area contributed by atoms with Gasteiger partial charge in [-0.05, 0) is 28.9 Å². The molecule has 0 spiro atoms. The number of hydrogen-bond donors (Lipinski definition) is 0. The van der Waals surface area contributed by atoms with Crippen molar-refractivity contribution < 1.29 is 14.1 Å². The number of nitro benzene ring substituents is 1. The molecule has 0 unspecified atom stereocenters. The number of benzene rings is 1. The van der Waals surface area contributed by atoms with Gasteiger partial charge in [-0.15, -0.1) is 0 Å². The van der Waals surface area contributed by atoms with E-state index in [1.54, 1.807) is 6.92 Å². The van der Waals surface area contributed by atoms with E-state index < -0.39 is 16.4 Å². The summed E-state index contributed by atoms with van der Waals surface area (Å²) in [6.07, 6.45) is 0. The first-order valence-corrected chi connectivity index (χ1v) is 4.61. The standard InChI is InChI=1S/C8H7BrFNO3/c1-2-14-5-3-6(9)8(10)7(4-5)11(12)13/h3-4H,2H2,1H3. The highest BCUT2D eigenvalue weighted by molar-refractivity contribution is 9.10. The van der Waals surface area contributed by atoms with Crippen LogP contribution in [0, 0.1) is 15.9 Å². The predicted octanol–water partition coefficient (Wildman–Crippen LogP) is 2.90. The fraction of sp³-hybridized carbons (Fsp3) is 0.250. The largest absolute Gasteiger partial charge is 0.494 e. The van der Waals surface area contributed by atoms with E-state index in [0.29, 0.717) is 6.61 Å². The Bertz CT molecular complexity index is 370. The highest BCUT2D eigenvalue weighted by Crippen LogP contribution is 2.30. The van der Waals surface area contributed by atoms with Crippen LogP contribution < -0.4 is 4.74 Å². The second kappa shape index (κ2) is 4.36. The smallest absolute Gasteiger partial charge is 0.309 e. The Balaban J connectivity index is 3.21. The van der Waals surface area contributed by atoms with Gasteiger partial charge in [-0.1, -0.05) is 0 Å². The van der Waals surface area contributed by atoms with Crippen LogP contribution in [0.1, 0.15) is 6.92 Å². The van der Waals surface area contributed by atoms with Crippen molar-refractivity contribution in [2.24, 2.45) is 0 Å². The lowest BCUT2D eigenvalue weighted by Gasteiger charge is -2.04. The lowest BCUT2D eigenvalue weighted by atomic mass is 10.3. The molecule has 0 aromatic heterocycles. The number of halogens is 2. The second-order valence-corrected chi connectivity index (χ2v) is 3.28. The molecule has 0 aliphatic carbocycles. The summed E-state index contributed by atoms with van der Waals surface area (Å²) in [6, 6.07) is 2.41. The molecule has 0 heterocycles. The van der Waals surface area contributed by atoms with Crippen LogP contribution in [0.4, 0.5) is 10.1 Å². The molecule has 1 aromatic rings. The maximum absolute atomic E-state index is 13.1. The number of ether oxygens (including phenoxy) is 1. The van der Waals surface area contributed by atoms with Crippen molar-refractivity contribution in [1.29, 1.82) is 0 Å². The van der Waals surface area contributed by atoms with Crippen LogP contribution in [0.3, 0.4) is 0 Å². The van der Waals surface area contributed by atoms with Crippen molar-refractivity contribution in [2.75, 3.05) is 6.61 Å². The maximum atomic E-state index is 13.1. The Labute approximate surface area is 88.0 Å². The fourth-order valence-electron chi connectivity index (χ4n) is 0.933. The highest BCUT2D eigenvalue weighted by Gasteiger charge is 2.18. The molecule has 0 bridgehead atoms. The molecule has 1 rings (SSSR count). The third-order valence-corrected chi connectivity index (χ3v) is 2.07. The Morgan fingerprint density at radius 2 is 2.29 bits per heavy atom. The van der Waals surface area contributed by atoms with Crippen LogP contribution in [-0.4, -0.2) is 11.5 Å². The van der Waals surface area contributed by atoms with E-state index >= 15 is 0 Å². The summed E-state index contributed by atoms with van der Waals surface area (Å²) in [5.74, 6) is -0.620. The van der Waals surface area contributed by atoms with Gasteiger partial charge >= 0.3 is 5.69 Å². The number of nitrogens with zero attached hydrogens (tertiary/aromatic N) is 1. The van der Waals surface area contributed by atoms with Crippen LogP contribution in [0.15, 0.2) is 16.6 Å². The zero-order chi connectivity index (χ0) is 10.7. The van der Waals surface area contributed by atoms with E-state index in [2.05, 4.69) is 15.9 Å². The van der Waals surface area contributed by atoms with Gasteiger partial charge in [0.25, 0.3) is 0 Å². The maximum Gasteiger partial charge on any atom is 0.309 e. The molecule has 0 atom stereocenters. The van der Waals surface area contributed by atoms with Gasteiger partial charge in [0.1, 0.15) is 5.75 Å². The molecule has 1 aromatic carbocycles. The Hall–Kier alpha value is -1.17. The summed E-state index contributed by atoms with van der Waals surface area (Å²) in [4.78, 5) is 9.63. The molecular formula is C8H7BrFNO3. The van der Waals surface area contributed by atoms with Crippen LogP contribution >= 0.6 is 15.9 Å². The Morgan fingerprint density at radius 3 is 2.79 bits per heavy atom. The SMILES string of the molecule is CCOc1cc(Br)c(F)c([N+](=O)[O-])c1. The van der Waals surface area contributed by atoms with Gasteiger partial charge in [0, 0.05) is 0 Å². The number of nitro groups is 1. The van der Waals surface area contributed by atoms with Crippen LogP contribution in [0.5, 0.6) is 5.75 Å². The van der Waals surface area contributed by atoms with Crippen molar-refractivity contribution in [2.45, 2.75) is 6.92 Å². The van der Waals surface area contributed by atoms with E-state index in [-0.39, 0.29) is 10.2 Å². The summed E-state index contributed by atoms with van der Waals surface area (Å²) >= 11 is 2.88. The lowest BCUT2D eigenvalue weighted by Crippen LogP contribution is -1.97. The molecule has 0 aliphatic heterocycles. The van der Waals surface area contributed by atoms with E-state index in [1.165, 1.54) is 6.07 Å². The van der Waals surface area contributed by atoms with Crippen molar-refractivity contribution in [3.63, 3.8) is 0 Å². The number of hydrogen-bond acceptors (Lipinski definition) is 3. The molecular weight excluding hydrogens is 257 g/mol. The summed E-state index contributed by atoms with van der Waals surface area (Å²) in [6.45, 7) is 2.11. The molecule has 0 saturated heterocycles. The topological polar surface area (TPSA) is 52.4 Å². The normalized spacial score (nSPS) is 9.93. The van der Waals surface area contributed by atoms with Crippen LogP contribution in [0.2, 0.25) is 0 Å². The van der Waals surface area contributed by atoms with Crippen LogP contribution in [-0.2, 0) is 0 Å². The van der Waals surface area contributed by atoms with E-state index in [1.807, 2.05) is 0 Å². The fourth-order valence-corrected chi connectivity index (χ4v) is 1.36. The lowest BCUT2D eigenvalue weighted by molar-refractivity contribution is -0.387. The van der Waals surface area contributed by atoms with E-state index in [9.17, 15) is 14.5 Å². The minimum Gasteiger partial charge on any atom is -0.494 e. The average molecular weight is 264 g/mol. The van der Waals surface area contributed by atoms with Crippen molar-refractivity contribution in [3.8, 4) is 5.75 Å². The molecule has 0 N–H and O–H groups in total. The summed E-state index contributed by atoms with van der Waals surface area (Å²) < 4.78 is 18.2. The van der Waals surface area contributed by atoms with Gasteiger partial charge in [0.2, 0.25) is 5.82 Å². The second-order valence-electron chi connectivity index (χ2n) is 2.43. The molecule has 76 valence electrons. The number of rotatable bonds is 3. The average Bonchev–Trinajstić information content (AvgIpc) is 2.11. The minimum absolute atomic E-state index is 0.0233. The Morgan fingerprint density at radius 1 is 1.64 bits per heavy atom. The molecule has 0 radical (unpaired) electrons. The molecule has 0 fully saturated rings. The van der Waals surface area contributed by atoms with Gasteiger partial charge in [-0.25, -0.2) is 0 Å². The molecule has 6 heteroatoms. The third-order valence-electron chi connectivity index (χ3n) is 1.49. The van der Waals surface area contributed by atoms with Crippen molar-refractivity contribution in [1.82, 2.24) is 0 Å². The first kappa shape index (κ1) is 10.9. The van der Waals surface area contributed by atoms with Gasteiger partial charge in [-0.2, -0.15) is 4.39 Å². The molecule has 0 aliphatic rings. The monoisotopic (exact) mass is 263 g/mol. The highest BCUT2D eigenvalue weighted by atomic mass is 79.9. The van der Waals surface area contributed by atoms with Crippen molar-refractivity contribution >= 4 is 21.6 Å². The molecule has 0 amide bonds.